The number of halogens is 1. The standard InChI is InChI=1S/C15H21FN6OS/c1-11(22-10-17-9-19-22)15(23)20(2)7-13-5-12(16)6-21(13)8-14-18-3-4-24-14/h3-4,9-13H,5-8H2,1-2H3/t11-,12-,13-/m0/s1. The molecule has 1 fully saturated rings. The second-order valence-electron chi connectivity index (χ2n) is 6.11. The monoisotopic (exact) mass is 352 g/mol. The Bertz CT molecular complexity index is 649. The van der Waals surface area contributed by atoms with E-state index in [0.717, 1.165) is 5.01 Å². The molecule has 1 amide bonds. The number of rotatable bonds is 6. The topological polar surface area (TPSA) is 67.2 Å². The van der Waals surface area contributed by atoms with Crippen molar-refractivity contribution >= 4 is 17.2 Å². The molecule has 24 heavy (non-hydrogen) atoms. The molecule has 2 aromatic rings. The molecule has 3 rings (SSSR count). The van der Waals surface area contributed by atoms with Crippen molar-refractivity contribution in [1.29, 1.82) is 0 Å². The first kappa shape index (κ1) is 17.0. The minimum absolute atomic E-state index is 0.000737. The summed E-state index contributed by atoms with van der Waals surface area (Å²) in [6.07, 6.45) is 4.28. The fourth-order valence-corrected chi connectivity index (χ4v) is 3.71. The fraction of sp³-hybridized carbons (Fsp3) is 0.600. The molecule has 130 valence electrons. The van der Waals surface area contributed by atoms with Gasteiger partial charge in [-0.15, -0.1) is 11.3 Å². The van der Waals surface area contributed by atoms with Gasteiger partial charge in [0.05, 0.1) is 6.54 Å². The summed E-state index contributed by atoms with van der Waals surface area (Å²) in [5, 5.41) is 6.90. The Morgan fingerprint density at radius 2 is 2.42 bits per heavy atom. The smallest absolute Gasteiger partial charge is 0.247 e. The molecule has 3 heterocycles. The zero-order valence-electron chi connectivity index (χ0n) is 13.7. The van der Waals surface area contributed by atoms with Crippen molar-refractivity contribution in [2.75, 3.05) is 20.1 Å². The van der Waals surface area contributed by atoms with Gasteiger partial charge in [-0.25, -0.2) is 19.0 Å². The largest absolute Gasteiger partial charge is 0.342 e. The van der Waals surface area contributed by atoms with Crippen molar-refractivity contribution in [2.24, 2.45) is 0 Å². The minimum Gasteiger partial charge on any atom is -0.342 e. The molecule has 1 aliphatic rings. The van der Waals surface area contributed by atoms with Crippen molar-refractivity contribution < 1.29 is 9.18 Å². The van der Waals surface area contributed by atoms with Gasteiger partial charge in [0.1, 0.15) is 29.9 Å². The summed E-state index contributed by atoms with van der Waals surface area (Å²) in [5.41, 5.74) is 0. The van der Waals surface area contributed by atoms with Gasteiger partial charge in [-0.1, -0.05) is 0 Å². The van der Waals surface area contributed by atoms with Crippen molar-refractivity contribution in [1.82, 2.24) is 29.5 Å². The van der Waals surface area contributed by atoms with Gasteiger partial charge in [0.25, 0.3) is 0 Å². The Morgan fingerprint density at radius 1 is 1.58 bits per heavy atom. The first-order valence-corrected chi connectivity index (χ1v) is 8.78. The van der Waals surface area contributed by atoms with Crippen LogP contribution in [-0.4, -0.2) is 67.8 Å². The molecule has 0 radical (unpaired) electrons. The van der Waals surface area contributed by atoms with E-state index < -0.39 is 12.2 Å². The lowest BCUT2D eigenvalue weighted by molar-refractivity contribution is -0.133. The van der Waals surface area contributed by atoms with E-state index in [1.807, 2.05) is 5.38 Å². The number of carbonyl (C=O) groups is 1. The SMILES string of the molecule is C[C@@H](C(=O)N(C)C[C@@H]1C[C@H](F)CN1Cc1nccs1)n1cncn1. The van der Waals surface area contributed by atoms with Crippen LogP contribution < -0.4 is 0 Å². The summed E-state index contributed by atoms with van der Waals surface area (Å²) in [6.45, 7) is 3.30. The van der Waals surface area contributed by atoms with Crippen molar-refractivity contribution in [3.8, 4) is 0 Å². The molecule has 3 atom stereocenters. The van der Waals surface area contributed by atoms with Crippen LogP contribution in [0.1, 0.15) is 24.4 Å². The van der Waals surface area contributed by atoms with Crippen LogP contribution in [0.15, 0.2) is 24.2 Å². The van der Waals surface area contributed by atoms with E-state index in [1.165, 1.54) is 17.3 Å². The summed E-state index contributed by atoms with van der Waals surface area (Å²) < 4.78 is 15.4. The van der Waals surface area contributed by atoms with Crippen LogP contribution in [0.4, 0.5) is 4.39 Å². The number of hydrogen-bond acceptors (Lipinski definition) is 6. The molecule has 2 aromatic heterocycles. The average Bonchev–Trinajstić information content (AvgIpc) is 3.29. The maximum Gasteiger partial charge on any atom is 0.247 e. The van der Waals surface area contributed by atoms with Gasteiger partial charge in [0.2, 0.25) is 5.91 Å². The highest BCUT2D eigenvalue weighted by molar-refractivity contribution is 7.09. The quantitative estimate of drug-likeness (QED) is 0.785. The maximum absolute atomic E-state index is 13.9. The third kappa shape index (κ3) is 3.78. The average molecular weight is 352 g/mol. The predicted octanol–water partition coefficient (Wildman–Crippen LogP) is 1.37. The molecule has 1 saturated heterocycles. The number of nitrogens with zero attached hydrogens (tertiary/aromatic N) is 6. The van der Waals surface area contributed by atoms with E-state index in [-0.39, 0.29) is 11.9 Å². The molecule has 0 spiro atoms. The number of aromatic nitrogens is 4. The molecular formula is C15H21FN6OS. The van der Waals surface area contributed by atoms with Crippen molar-refractivity contribution in [2.45, 2.75) is 38.1 Å². The Kier molecular flexibility index (Phi) is 5.20. The highest BCUT2D eigenvalue weighted by Gasteiger charge is 2.34. The van der Waals surface area contributed by atoms with E-state index in [0.29, 0.717) is 26.1 Å². The van der Waals surface area contributed by atoms with Gasteiger partial charge in [0.15, 0.2) is 0 Å². The zero-order chi connectivity index (χ0) is 17.1. The van der Waals surface area contributed by atoms with Crippen LogP contribution >= 0.6 is 11.3 Å². The van der Waals surface area contributed by atoms with Crippen LogP contribution in [-0.2, 0) is 11.3 Å². The van der Waals surface area contributed by atoms with Gasteiger partial charge >= 0.3 is 0 Å². The number of thiazole rings is 1. The van der Waals surface area contributed by atoms with Gasteiger partial charge < -0.3 is 4.90 Å². The number of amides is 1. The molecule has 7 nitrogen and oxygen atoms in total. The van der Waals surface area contributed by atoms with E-state index in [4.69, 9.17) is 0 Å². The molecule has 9 heteroatoms. The molecule has 0 bridgehead atoms. The lowest BCUT2D eigenvalue weighted by Crippen LogP contribution is -2.43. The molecule has 0 saturated carbocycles. The Morgan fingerprint density at radius 3 is 3.08 bits per heavy atom. The van der Waals surface area contributed by atoms with Crippen molar-refractivity contribution in [3.05, 3.63) is 29.2 Å². The Balaban J connectivity index is 1.61. The summed E-state index contributed by atoms with van der Waals surface area (Å²) in [5.74, 6) is -0.0583. The van der Waals surface area contributed by atoms with Crippen LogP contribution in [0.3, 0.4) is 0 Å². The second-order valence-corrected chi connectivity index (χ2v) is 7.09. The van der Waals surface area contributed by atoms with Crippen LogP contribution in [0.5, 0.6) is 0 Å². The zero-order valence-corrected chi connectivity index (χ0v) is 14.6. The Hall–Kier alpha value is -1.87. The predicted molar refractivity (Wildman–Crippen MR) is 88.2 cm³/mol. The van der Waals surface area contributed by atoms with E-state index in [9.17, 15) is 9.18 Å². The number of hydrogen-bond donors (Lipinski definition) is 0. The third-order valence-electron chi connectivity index (χ3n) is 4.35. The summed E-state index contributed by atoms with van der Waals surface area (Å²) >= 11 is 1.57. The van der Waals surface area contributed by atoms with E-state index in [1.54, 1.807) is 36.4 Å². The lowest BCUT2D eigenvalue weighted by atomic mass is 10.2. The fourth-order valence-electron chi connectivity index (χ4n) is 3.07. The van der Waals surface area contributed by atoms with Gasteiger partial charge in [-0.05, 0) is 13.3 Å². The van der Waals surface area contributed by atoms with Crippen LogP contribution in [0, 0.1) is 0 Å². The molecule has 1 aliphatic heterocycles. The second kappa shape index (κ2) is 7.35. The van der Waals surface area contributed by atoms with Crippen LogP contribution in [0.2, 0.25) is 0 Å². The molecule has 0 aromatic carbocycles. The number of likely N-dealkylation sites (N-methyl/N-ethyl adjacent to an activating group) is 1. The van der Waals surface area contributed by atoms with Gasteiger partial charge in [-0.2, -0.15) is 5.10 Å². The lowest BCUT2D eigenvalue weighted by Gasteiger charge is -2.29. The summed E-state index contributed by atoms with van der Waals surface area (Å²) in [7, 11) is 1.75. The number of likely N-dealkylation sites (tertiary alicyclic amines) is 1. The summed E-state index contributed by atoms with van der Waals surface area (Å²) in [4.78, 5) is 24.4. The highest BCUT2D eigenvalue weighted by Crippen LogP contribution is 2.24. The molecule has 0 N–H and O–H groups in total. The van der Waals surface area contributed by atoms with Gasteiger partial charge in [-0.3, -0.25) is 9.69 Å². The normalized spacial score (nSPS) is 22.6. The number of carbonyl (C=O) groups excluding carboxylic acids is 1. The molecule has 0 aliphatic carbocycles. The van der Waals surface area contributed by atoms with E-state index in [2.05, 4.69) is 20.0 Å². The third-order valence-corrected chi connectivity index (χ3v) is 5.11. The maximum atomic E-state index is 13.9. The summed E-state index contributed by atoms with van der Waals surface area (Å²) in [6, 6.07) is -0.423. The van der Waals surface area contributed by atoms with Gasteiger partial charge in [0, 0.05) is 37.8 Å². The first-order chi connectivity index (χ1) is 11.5. The highest BCUT2D eigenvalue weighted by atomic mass is 32.1. The Labute approximate surface area is 144 Å². The van der Waals surface area contributed by atoms with Crippen LogP contribution in [0.25, 0.3) is 0 Å². The number of alkyl halides is 1. The molecule has 0 unspecified atom stereocenters. The minimum atomic E-state index is -0.855. The van der Waals surface area contributed by atoms with Crippen molar-refractivity contribution in [3.63, 3.8) is 0 Å². The first-order valence-electron chi connectivity index (χ1n) is 7.90. The molecular weight excluding hydrogens is 331 g/mol. The van der Waals surface area contributed by atoms with E-state index >= 15 is 0 Å².